The molecule has 0 bridgehead atoms. The molecule has 0 heterocycles. The Morgan fingerprint density at radius 2 is 1.81 bits per heavy atom. The van der Waals surface area contributed by atoms with Gasteiger partial charge in [-0.1, -0.05) is 15.9 Å². The number of nitrogens with two attached hydrogens (primary N) is 1. The van der Waals surface area contributed by atoms with Gasteiger partial charge in [0.1, 0.15) is 0 Å². The van der Waals surface area contributed by atoms with Crippen molar-refractivity contribution in [1.29, 1.82) is 0 Å². The molecule has 0 amide bonds. The summed E-state index contributed by atoms with van der Waals surface area (Å²) in [6.45, 7) is 1.37. The Hall–Kier alpha value is -0.600. The first kappa shape index (κ1) is 13.5. The highest BCUT2D eigenvalue weighted by Gasteiger charge is 2.32. The van der Waals surface area contributed by atoms with Gasteiger partial charge in [0.2, 0.25) is 10.0 Å². The van der Waals surface area contributed by atoms with E-state index in [2.05, 4.69) is 15.9 Å². The molecule has 0 radical (unpaired) electrons. The Bertz CT molecular complexity index is 525. The Morgan fingerprint density at radius 1 is 1.31 bits per heavy atom. The summed E-state index contributed by atoms with van der Waals surface area (Å²) in [4.78, 5) is -0.533. The topological polar surface area (TPSA) is 60.2 Å². The second-order valence-electron chi connectivity index (χ2n) is 3.12. The summed E-state index contributed by atoms with van der Waals surface area (Å²) in [5.74, 6) is 0. The van der Waals surface area contributed by atoms with Crippen LogP contribution in [-0.4, -0.2) is 8.42 Å². The van der Waals surface area contributed by atoms with Crippen molar-refractivity contribution < 1.29 is 21.6 Å². The normalized spacial score (nSPS) is 12.9. The van der Waals surface area contributed by atoms with Crippen molar-refractivity contribution in [3.8, 4) is 0 Å². The fourth-order valence-electron chi connectivity index (χ4n) is 1.11. The molecule has 0 atom stereocenters. The first-order valence-electron chi connectivity index (χ1n) is 3.93. The highest BCUT2D eigenvalue weighted by molar-refractivity contribution is 9.10. The molecular formula is C8H7BrF3NO2S. The van der Waals surface area contributed by atoms with Crippen molar-refractivity contribution in [2.45, 2.75) is 18.0 Å². The molecule has 0 aromatic heterocycles. The van der Waals surface area contributed by atoms with Crippen LogP contribution in [0.5, 0.6) is 0 Å². The number of benzene rings is 1. The Kier molecular flexibility index (Phi) is 3.37. The van der Waals surface area contributed by atoms with Gasteiger partial charge in [-0.25, -0.2) is 13.6 Å². The van der Waals surface area contributed by atoms with E-state index in [-0.39, 0.29) is 10.0 Å². The number of halogens is 4. The molecule has 2 N–H and O–H groups in total. The SMILES string of the molecule is Cc1c(Br)cc(C(F)(F)F)cc1S(N)(=O)=O. The van der Waals surface area contributed by atoms with Gasteiger partial charge in [0.25, 0.3) is 0 Å². The zero-order valence-electron chi connectivity index (χ0n) is 7.97. The van der Waals surface area contributed by atoms with Gasteiger partial charge in [0.05, 0.1) is 10.5 Å². The summed E-state index contributed by atoms with van der Waals surface area (Å²) in [5.41, 5.74) is -0.912. The number of alkyl halides is 3. The van der Waals surface area contributed by atoms with Crippen LogP contribution in [0, 0.1) is 6.92 Å². The van der Waals surface area contributed by atoms with E-state index in [9.17, 15) is 21.6 Å². The van der Waals surface area contributed by atoms with Gasteiger partial charge < -0.3 is 0 Å². The molecule has 3 nitrogen and oxygen atoms in total. The highest BCUT2D eigenvalue weighted by Crippen LogP contribution is 2.34. The predicted octanol–water partition coefficient (Wildman–Crippen LogP) is 2.42. The molecule has 0 unspecified atom stereocenters. The molecule has 0 fully saturated rings. The highest BCUT2D eigenvalue weighted by atomic mass is 79.9. The molecule has 0 aliphatic carbocycles. The third-order valence-corrected chi connectivity index (χ3v) is 3.79. The second kappa shape index (κ2) is 4.01. The zero-order chi connectivity index (χ0) is 12.7. The Morgan fingerprint density at radius 3 is 2.19 bits per heavy atom. The van der Waals surface area contributed by atoms with Crippen molar-refractivity contribution >= 4 is 26.0 Å². The predicted molar refractivity (Wildman–Crippen MR) is 55.3 cm³/mol. The minimum atomic E-state index is -4.62. The number of rotatable bonds is 1. The van der Waals surface area contributed by atoms with Crippen LogP contribution >= 0.6 is 15.9 Å². The lowest BCUT2D eigenvalue weighted by Crippen LogP contribution is -2.16. The van der Waals surface area contributed by atoms with Crippen LogP contribution in [0.1, 0.15) is 11.1 Å². The number of sulfonamides is 1. The van der Waals surface area contributed by atoms with Gasteiger partial charge in [-0.3, -0.25) is 0 Å². The van der Waals surface area contributed by atoms with Crippen LogP contribution in [-0.2, 0) is 16.2 Å². The van der Waals surface area contributed by atoms with Gasteiger partial charge in [-0.2, -0.15) is 13.2 Å². The minimum absolute atomic E-state index is 0.0475. The maximum absolute atomic E-state index is 12.4. The van der Waals surface area contributed by atoms with Crippen molar-refractivity contribution in [3.05, 3.63) is 27.7 Å². The molecule has 1 rings (SSSR count). The number of hydrogen-bond donors (Lipinski definition) is 1. The molecule has 0 saturated heterocycles. The van der Waals surface area contributed by atoms with Gasteiger partial charge in [0, 0.05) is 4.47 Å². The molecule has 1 aromatic rings. The molecule has 16 heavy (non-hydrogen) atoms. The van der Waals surface area contributed by atoms with Crippen LogP contribution in [0.25, 0.3) is 0 Å². The standard InChI is InChI=1S/C8H7BrF3NO2S/c1-4-6(9)2-5(8(10,11)12)3-7(4)16(13,14)15/h2-3H,1H3,(H2,13,14,15). The summed E-state index contributed by atoms with van der Waals surface area (Å²) in [5, 5.41) is 4.82. The Balaban J connectivity index is 3.59. The lowest BCUT2D eigenvalue weighted by molar-refractivity contribution is -0.137. The lowest BCUT2D eigenvalue weighted by atomic mass is 10.1. The molecule has 90 valence electrons. The summed E-state index contributed by atoms with van der Waals surface area (Å²) in [6.07, 6.45) is -4.62. The maximum Gasteiger partial charge on any atom is 0.416 e. The average molecular weight is 318 g/mol. The largest absolute Gasteiger partial charge is 0.416 e. The summed E-state index contributed by atoms with van der Waals surface area (Å²) >= 11 is 2.86. The van der Waals surface area contributed by atoms with E-state index in [1.807, 2.05) is 0 Å². The first-order valence-corrected chi connectivity index (χ1v) is 6.27. The molecule has 0 saturated carbocycles. The second-order valence-corrected chi connectivity index (χ2v) is 5.51. The molecule has 8 heteroatoms. The summed E-state index contributed by atoms with van der Waals surface area (Å²) in [7, 11) is -4.17. The van der Waals surface area contributed by atoms with E-state index in [0.717, 1.165) is 6.07 Å². The zero-order valence-corrected chi connectivity index (χ0v) is 10.4. The van der Waals surface area contributed by atoms with Crippen LogP contribution in [0.15, 0.2) is 21.5 Å². The number of hydrogen-bond acceptors (Lipinski definition) is 2. The van der Waals surface area contributed by atoms with Crippen LogP contribution in [0.3, 0.4) is 0 Å². The van der Waals surface area contributed by atoms with Crippen molar-refractivity contribution in [3.63, 3.8) is 0 Å². The average Bonchev–Trinajstić information content (AvgIpc) is 2.05. The quantitative estimate of drug-likeness (QED) is 0.864. The summed E-state index contributed by atoms with van der Waals surface area (Å²) in [6, 6.07) is 1.33. The molecule has 0 spiro atoms. The number of primary sulfonamides is 1. The smallest absolute Gasteiger partial charge is 0.225 e. The van der Waals surface area contributed by atoms with Crippen molar-refractivity contribution in [2.24, 2.45) is 5.14 Å². The molecule has 1 aromatic carbocycles. The van der Waals surface area contributed by atoms with Gasteiger partial charge >= 0.3 is 6.18 Å². The molecular weight excluding hydrogens is 311 g/mol. The van der Waals surface area contributed by atoms with Gasteiger partial charge in [0.15, 0.2) is 0 Å². The van der Waals surface area contributed by atoms with E-state index in [1.54, 1.807) is 0 Å². The Labute approximate surface area is 98.6 Å². The van der Waals surface area contributed by atoms with E-state index >= 15 is 0 Å². The fraction of sp³-hybridized carbons (Fsp3) is 0.250. The minimum Gasteiger partial charge on any atom is -0.225 e. The first-order chi connectivity index (χ1) is 7.03. The van der Waals surface area contributed by atoms with Crippen LogP contribution in [0.4, 0.5) is 13.2 Å². The van der Waals surface area contributed by atoms with Crippen LogP contribution < -0.4 is 5.14 Å². The lowest BCUT2D eigenvalue weighted by Gasteiger charge is -2.11. The van der Waals surface area contributed by atoms with E-state index in [4.69, 9.17) is 5.14 Å². The molecule has 0 aliphatic heterocycles. The maximum atomic E-state index is 12.4. The van der Waals surface area contributed by atoms with Gasteiger partial charge in [-0.15, -0.1) is 0 Å². The van der Waals surface area contributed by atoms with E-state index in [1.165, 1.54) is 6.92 Å². The van der Waals surface area contributed by atoms with E-state index < -0.39 is 26.7 Å². The summed E-state index contributed by atoms with van der Waals surface area (Å²) < 4.78 is 59.4. The van der Waals surface area contributed by atoms with Gasteiger partial charge in [-0.05, 0) is 24.6 Å². The monoisotopic (exact) mass is 317 g/mol. The van der Waals surface area contributed by atoms with E-state index in [0.29, 0.717) is 6.07 Å². The van der Waals surface area contributed by atoms with Crippen molar-refractivity contribution in [2.75, 3.05) is 0 Å². The third kappa shape index (κ3) is 2.74. The third-order valence-electron chi connectivity index (χ3n) is 1.93. The van der Waals surface area contributed by atoms with Crippen LogP contribution in [0.2, 0.25) is 0 Å². The van der Waals surface area contributed by atoms with Crippen molar-refractivity contribution in [1.82, 2.24) is 0 Å². The molecule has 0 aliphatic rings. The fourth-order valence-corrected chi connectivity index (χ4v) is 2.53.